The van der Waals surface area contributed by atoms with Gasteiger partial charge < -0.3 is 5.32 Å². The highest BCUT2D eigenvalue weighted by Gasteiger charge is 2.07. The molecule has 0 saturated carbocycles. The Hall–Kier alpha value is -1.24. The van der Waals surface area contributed by atoms with Gasteiger partial charge in [-0.05, 0) is 43.9 Å². The van der Waals surface area contributed by atoms with Crippen LogP contribution in [0.25, 0.3) is 0 Å². The van der Waals surface area contributed by atoms with Crippen LogP contribution in [0.3, 0.4) is 0 Å². The monoisotopic (exact) mass is 187 g/mol. The highest BCUT2D eigenvalue weighted by Crippen LogP contribution is 2.17. The molecule has 14 heavy (non-hydrogen) atoms. The molecular formula is C13H17N. The molecule has 0 bridgehead atoms. The standard InChI is InChI=1S/C13H17N/c1-11-6-5-9-13(10-11)14-12-7-3-2-4-8-12/h3,5-7,9-10,12,14H,2,4,8H2,1H3. The molecule has 74 valence electrons. The van der Waals surface area contributed by atoms with E-state index in [1.54, 1.807) is 0 Å². The summed E-state index contributed by atoms with van der Waals surface area (Å²) in [6, 6.07) is 9.09. The van der Waals surface area contributed by atoms with Crippen molar-refractivity contribution in [3.8, 4) is 0 Å². The molecule has 1 aliphatic carbocycles. The Balaban J connectivity index is 2.02. The normalized spacial score (nSPS) is 20.8. The molecule has 1 N–H and O–H groups in total. The number of rotatable bonds is 2. The molecule has 0 fully saturated rings. The lowest BCUT2D eigenvalue weighted by Gasteiger charge is -2.19. The zero-order valence-electron chi connectivity index (χ0n) is 8.66. The molecule has 1 aliphatic rings. The number of allylic oxidation sites excluding steroid dienone is 1. The smallest absolute Gasteiger partial charge is 0.0444 e. The van der Waals surface area contributed by atoms with Gasteiger partial charge in [0.15, 0.2) is 0 Å². The van der Waals surface area contributed by atoms with Gasteiger partial charge in [0.25, 0.3) is 0 Å². The molecule has 0 aromatic heterocycles. The third-order valence-electron chi connectivity index (χ3n) is 2.62. The van der Waals surface area contributed by atoms with Crippen molar-refractivity contribution in [2.75, 3.05) is 5.32 Å². The molecule has 0 aliphatic heterocycles. The fraction of sp³-hybridized carbons (Fsp3) is 0.385. The first-order valence-electron chi connectivity index (χ1n) is 5.34. The minimum absolute atomic E-state index is 0.533. The number of nitrogens with one attached hydrogen (secondary N) is 1. The second-order valence-corrected chi connectivity index (χ2v) is 3.98. The number of aryl methyl sites for hydroxylation is 1. The Morgan fingerprint density at radius 3 is 3.00 bits per heavy atom. The van der Waals surface area contributed by atoms with Gasteiger partial charge in [-0.1, -0.05) is 24.3 Å². The first-order valence-corrected chi connectivity index (χ1v) is 5.34. The Morgan fingerprint density at radius 1 is 1.36 bits per heavy atom. The van der Waals surface area contributed by atoms with E-state index in [1.165, 1.54) is 30.5 Å². The van der Waals surface area contributed by atoms with Crippen LogP contribution < -0.4 is 5.32 Å². The number of benzene rings is 1. The maximum absolute atomic E-state index is 3.53. The zero-order valence-corrected chi connectivity index (χ0v) is 8.66. The molecule has 1 aromatic carbocycles. The van der Waals surface area contributed by atoms with Crippen molar-refractivity contribution < 1.29 is 0 Å². The first-order chi connectivity index (χ1) is 6.84. The summed E-state index contributed by atoms with van der Waals surface area (Å²) in [5.41, 5.74) is 2.55. The minimum Gasteiger partial charge on any atom is -0.379 e. The van der Waals surface area contributed by atoms with E-state index in [-0.39, 0.29) is 0 Å². The molecule has 1 nitrogen and oxygen atoms in total. The second-order valence-electron chi connectivity index (χ2n) is 3.98. The third-order valence-corrected chi connectivity index (χ3v) is 2.62. The summed E-state index contributed by atoms with van der Waals surface area (Å²) in [5, 5.41) is 3.53. The van der Waals surface area contributed by atoms with Crippen molar-refractivity contribution in [1.29, 1.82) is 0 Å². The maximum Gasteiger partial charge on any atom is 0.0444 e. The second kappa shape index (κ2) is 4.32. The van der Waals surface area contributed by atoms with Crippen LogP contribution in [0.15, 0.2) is 36.4 Å². The van der Waals surface area contributed by atoms with Gasteiger partial charge in [-0.2, -0.15) is 0 Å². The predicted molar refractivity (Wildman–Crippen MR) is 61.6 cm³/mol. The van der Waals surface area contributed by atoms with Crippen LogP contribution in [0.2, 0.25) is 0 Å². The van der Waals surface area contributed by atoms with Crippen molar-refractivity contribution in [2.45, 2.75) is 32.2 Å². The summed E-state index contributed by atoms with van der Waals surface area (Å²) >= 11 is 0. The van der Waals surface area contributed by atoms with E-state index in [1.807, 2.05) is 0 Å². The molecule has 0 heterocycles. The molecule has 0 saturated heterocycles. The summed E-state index contributed by atoms with van der Waals surface area (Å²) in [4.78, 5) is 0. The molecule has 1 aromatic rings. The number of hydrogen-bond acceptors (Lipinski definition) is 1. The summed E-state index contributed by atoms with van der Waals surface area (Å²) in [6.07, 6.45) is 8.36. The van der Waals surface area contributed by atoms with Crippen LogP contribution in [0.5, 0.6) is 0 Å². The van der Waals surface area contributed by atoms with Gasteiger partial charge in [0, 0.05) is 11.7 Å². The van der Waals surface area contributed by atoms with Gasteiger partial charge in [0.1, 0.15) is 0 Å². The molecule has 0 spiro atoms. The third kappa shape index (κ3) is 2.38. The number of hydrogen-bond donors (Lipinski definition) is 1. The average Bonchev–Trinajstić information content (AvgIpc) is 2.19. The molecule has 1 heteroatoms. The summed E-state index contributed by atoms with van der Waals surface area (Å²) in [6.45, 7) is 2.13. The van der Waals surface area contributed by atoms with Crippen molar-refractivity contribution in [1.82, 2.24) is 0 Å². The largest absolute Gasteiger partial charge is 0.379 e. The maximum atomic E-state index is 3.53. The SMILES string of the molecule is Cc1cccc(NC2C=CCCC2)c1. The average molecular weight is 187 g/mol. The van der Waals surface area contributed by atoms with Crippen LogP contribution >= 0.6 is 0 Å². The molecule has 0 amide bonds. The van der Waals surface area contributed by atoms with E-state index in [4.69, 9.17) is 0 Å². The fourth-order valence-corrected chi connectivity index (χ4v) is 1.88. The molecule has 2 rings (SSSR count). The van der Waals surface area contributed by atoms with Crippen molar-refractivity contribution in [2.24, 2.45) is 0 Å². The summed E-state index contributed by atoms with van der Waals surface area (Å²) in [5.74, 6) is 0. The van der Waals surface area contributed by atoms with Crippen molar-refractivity contribution >= 4 is 5.69 Å². The summed E-state index contributed by atoms with van der Waals surface area (Å²) < 4.78 is 0. The molecule has 0 radical (unpaired) electrons. The van der Waals surface area contributed by atoms with E-state index in [0.717, 1.165) is 0 Å². The highest BCUT2D eigenvalue weighted by atomic mass is 14.9. The van der Waals surface area contributed by atoms with E-state index < -0.39 is 0 Å². The summed E-state index contributed by atoms with van der Waals surface area (Å²) in [7, 11) is 0. The molecule has 1 atom stereocenters. The minimum atomic E-state index is 0.533. The van der Waals surface area contributed by atoms with E-state index >= 15 is 0 Å². The van der Waals surface area contributed by atoms with Crippen LogP contribution in [0.4, 0.5) is 5.69 Å². The molecular weight excluding hydrogens is 170 g/mol. The van der Waals surface area contributed by atoms with Crippen LogP contribution in [0.1, 0.15) is 24.8 Å². The van der Waals surface area contributed by atoms with Crippen LogP contribution in [-0.4, -0.2) is 6.04 Å². The van der Waals surface area contributed by atoms with Gasteiger partial charge in [-0.15, -0.1) is 0 Å². The van der Waals surface area contributed by atoms with Crippen molar-refractivity contribution in [3.05, 3.63) is 42.0 Å². The van der Waals surface area contributed by atoms with Gasteiger partial charge in [0.2, 0.25) is 0 Å². The van der Waals surface area contributed by atoms with Gasteiger partial charge >= 0.3 is 0 Å². The van der Waals surface area contributed by atoms with Crippen LogP contribution in [0, 0.1) is 6.92 Å². The molecule has 1 unspecified atom stereocenters. The first kappa shape index (κ1) is 9.32. The Kier molecular flexibility index (Phi) is 2.87. The van der Waals surface area contributed by atoms with E-state index in [9.17, 15) is 0 Å². The lowest BCUT2D eigenvalue weighted by atomic mass is 10.0. The van der Waals surface area contributed by atoms with Gasteiger partial charge in [0.05, 0.1) is 0 Å². The highest BCUT2D eigenvalue weighted by molar-refractivity contribution is 5.47. The Labute approximate surface area is 85.8 Å². The quantitative estimate of drug-likeness (QED) is 0.698. The van der Waals surface area contributed by atoms with E-state index in [2.05, 4.69) is 48.7 Å². The fourth-order valence-electron chi connectivity index (χ4n) is 1.88. The Bertz CT molecular complexity index is 328. The lowest BCUT2D eigenvalue weighted by Crippen LogP contribution is -2.18. The lowest BCUT2D eigenvalue weighted by molar-refractivity contribution is 0.674. The van der Waals surface area contributed by atoms with Crippen molar-refractivity contribution in [3.63, 3.8) is 0 Å². The van der Waals surface area contributed by atoms with Gasteiger partial charge in [-0.25, -0.2) is 0 Å². The zero-order chi connectivity index (χ0) is 9.80. The number of anilines is 1. The Morgan fingerprint density at radius 2 is 2.29 bits per heavy atom. The topological polar surface area (TPSA) is 12.0 Å². The van der Waals surface area contributed by atoms with Crippen LogP contribution in [-0.2, 0) is 0 Å². The van der Waals surface area contributed by atoms with E-state index in [0.29, 0.717) is 6.04 Å². The van der Waals surface area contributed by atoms with Gasteiger partial charge in [-0.3, -0.25) is 0 Å². The predicted octanol–water partition coefficient (Wildman–Crippen LogP) is 3.52.